The number of carbonyl (C=O) groups excluding carboxylic acids is 1. The highest BCUT2D eigenvalue weighted by molar-refractivity contribution is 5.94. The molecule has 1 aromatic carbocycles. The fraction of sp³-hybridized carbons (Fsp3) is 0.368. The van der Waals surface area contributed by atoms with Crippen LogP contribution >= 0.6 is 0 Å². The largest absolute Gasteiger partial charge is 0.393 e. The second-order valence-electron chi connectivity index (χ2n) is 6.18. The van der Waals surface area contributed by atoms with Crippen molar-refractivity contribution in [2.75, 3.05) is 13.1 Å². The number of rotatable bonds is 3. The molecule has 0 spiro atoms. The zero-order valence-electron chi connectivity index (χ0n) is 13.5. The number of carbonyl (C=O) groups is 1. The quantitative estimate of drug-likeness (QED) is 0.943. The molecule has 1 aromatic heterocycles. The molecule has 126 valence electrons. The first kappa shape index (κ1) is 16.6. The number of halogens is 1. The van der Waals surface area contributed by atoms with Crippen LogP contribution in [0.2, 0.25) is 0 Å². The second kappa shape index (κ2) is 7.53. The lowest BCUT2D eigenvalue weighted by Crippen LogP contribution is -2.32. The summed E-state index contributed by atoms with van der Waals surface area (Å²) < 4.78 is 13.8. The molecule has 0 saturated carbocycles. The molecular formula is C19H21FN2O2. The summed E-state index contributed by atoms with van der Waals surface area (Å²) in [6.45, 7) is 1.21. The number of hydrogen-bond acceptors (Lipinski definition) is 3. The Hall–Kier alpha value is -2.27. The van der Waals surface area contributed by atoms with Gasteiger partial charge in [0.05, 0.1) is 6.10 Å². The minimum Gasteiger partial charge on any atom is -0.393 e. The normalized spacial score (nSPS) is 18.2. The summed E-state index contributed by atoms with van der Waals surface area (Å²) in [6, 6.07) is 10.0. The Labute approximate surface area is 141 Å². The van der Waals surface area contributed by atoms with Crippen LogP contribution in [0.25, 0.3) is 0 Å². The van der Waals surface area contributed by atoms with Crippen molar-refractivity contribution in [1.82, 2.24) is 9.88 Å². The molecule has 1 N–H and O–H groups in total. The fourth-order valence-electron chi connectivity index (χ4n) is 3.01. The summed E-state index contributed by atoms with van der Waals surface area (Å²) in [4.78, 5) is 18.7. The highest BCUT2D eigenvalue weighted by atomic mass is 19.1. The third kappa shape index (κ3) is 3.97. The molecule has 0 bridgehead atoms. The number of aliphatic hydroxyl groups is 1. The van der Waals surface area contributed by atoms with Crippen molar-refractivity contribution in [3.8, 4) is 0 Å². The summed E-state index contributed by atoms with van der Waals surface area (Å²) in [5.74, 6) is -0.321. The van der Waals surface area contributed by atoms with Gasteiger partial charge < -0.3 is 10.0 Å². The van der Waals surface area contributed by atoms with Crippen LogP contribution in [0.5, 0.6) is 0 Å². The third-order valence-corrected chi connectivity index (χ3v) is 4.38. The van der Waals surface area contributed by atoms with E-state index in [9.17, 15) is 14.3 Å². The summed E-state index contributed by atoms with van der Waals surface area (Å²) in [6.07, 6.45) is 3.78. The van der Waals surface area contributed by atoms with Crippen LogP contribution in [0.15, 0.2) is 42.6 Å². The van der Waals surface area contributed by atoms with E-state index in [-0.39, 0.29) is 17.8 Å². The van der Waals surface area contributed by atoms with Crippen molar-refractivity contribution in [3.63, 3.8) is 0 Å². The van der Waals surface area contributed by atoms with E-state index in [1.54, 1.807) is 41.4 Å². The molecule has 0 radical (unpaired) electrons. The molecule has 0 unspecified atom stereocenters. The molecule has 5 heteroatoms. The number of aliphatic hydroxyl groups excluding tert-OH is 1. The molecule has 0 aliphatic carbocycles. The zero-order chi connectivity index (χ0) is 16.9. The monoisotopic (exact) mass is 328 g/mol. The lowest BCUT2D eigenvalue weighted by Gasteiger charge is -2.20. The van der Waals surface area contributed by atoms with E-state index in [4.69, 9.17) is 0 Å². The maximum atomic E-state index is 13.8. The molecule has 3 rings (SSSR count). The number of likely N-dealkylation sites (tertiary alicyclic amines) is 1. The van der Waals surface area contributed by atoms with Crippen LogP contribution in [0.3, 0.4) is 0 Å². The molecule has 1 atom stereocenters. The summed E-state index contributed by atoms with van der Waals surface area (Å²) >= 11 is 0. The van der Waals surface area contributed by atoms with Gasteiger partial charge in [-0.05, 0) is 43.0 Å². The number of pyridine rings is 1. The number of hydrogen-bond donors (Lipinski definition) is 1. The highest BCUT2D eigenvalue weighted by Gasteiger charge is 2.20. The van der Waals surface area contributed by atoms with Crippen LogP contribution in [0.1, 0.15) is 40.9 Å². The third-order valence-electron chi connectivity index (χ3n) is 4.38. The molecule has 4 nitrogen and oxygen atoms in total. The van der Waals surface area contributed by atoms with Crippen molar-refractivity contribution < 1.29 is 14.3 Å². The summed E-state index contributed by atoms with van der Waals surface area (Å²) in [7, 11) is 0. The second-order valence-corrected chi connectivity index (χ2v) is 6.18. The Balaban J connectivity index is 1.75. The van der Waals surface area contributed by atoms with Crippen molar-refractivity contribution in [2.24, 2.45) is 0 Å². The average molecular weight is 328 g/mol. The van der Waals surface area contributed by atoms with E-state index in [2.05, 4.69) is 4.98 Å². The van der Waals surface area contributed by atoms with Crippen molar-refractivity contribution in [1.29, 1.82) is 0 Å². The van der Waals surface area contributed by atoms with Crippen LogP contribution < -0.4 is 0 Å². The zero-order valence-corrected chi connectivity index (χ0v) is 13.5. The van der Waals surface area contributed by atoms with Gasteiger partial charge in [0.2, 0.25) is 0 Å². The molecule has 1 amide bonds. The standard InChI is InChI=1S/C19H21FN2O2/c20-18-6-2-1-4-14(18)12-16-13-15(7-9-21-16)19(24)22-10-3-5-17(23)8-11-22/h1-2,4,6-7,9,13,17,23H,3,5,8,10-12H2/t17-/m0/s1. The highest BCUT2D eigenvalue weighted by Crippen LogP contribution is 2.16. The molecular weight excluding hydrogens is 307 g/mol. The van der Waals surface area contributed by atoms with Gasteiger partial charge >= 0.3 is 0 Å². The Morgan fingerprint density at radius 3 is 2.92 bits per heavy atom. The number of amides is 1. The van der Waals surface area contributed by atoms with Gasteiger partial charge in [-0.25, -0.2) is 4.39 Å². The van der Waals surface area contributed by atoms with Crippen LogP contribution in [-0.4, -0.2) is 40.1 Å². The Kier molecular flexibility index (Phi) is 5.20. The van der Waals surface area contributed by atoms with E-state index in [0.29, 0.717) is 42.8 Å². The molecule has 2 heterocycles. The molecule has 1 saturated heterocycles. The predicted octanol–water partition coefficient (Wildman–Crippen LogP) is 2.80. The van der Waals surface area contributed by atoms with Gasteiger partial charge in [-0.2, -0.15) is 0 Å². The van der Waals surface area contributed by atoms with Crippen molar-refractivity contribution >= 4 is 5.91 Å². The van der Waals surface area contributed by atoms with E-state index in [1.165, 1.54) is 6.07 Å². The van der Waals surface area contributed by atoms with Gasteiger partial charge in [0.25, 0.3) is 5.91 Å². The summed E-state index contributed by atoms with van der Waals surface area (Å²) in [5, 5.41) is 9.71. The maximum Gasteiger partial charge on any atom is 0.253 e. The topological polar surface area (TPSA) is 53.4 Å². The maximum absolute atomic E-state index is 13.8. The minimum absolute atomic E-state index is 0.0544. The van der Waals surface area contributed by atoms with Gasteiger partial charge in [0, 0.05) is 37.0 Å². The minimum atomic E-state index is -0.322. The summed E-state index contributed by atoms with van der Waals surface area (Å²) in [5.41, 5.74) is 1.79. The van der Waals surface area contributed by atoms with Crippen LogP contribution in [0, 0.1) is 5.82 Å². The smallest absolute Gasteiger partial charge is 0.253 e. The van der Waals surface area contributed by atoms with Gasteiger partial charge in [0.15, 0.2) is 0 Å². The Bertz CT molecular complexity index is 720. The van der Waals surface area contributed by atoms with Gasteiger partial charge in [-0.15, -0.1) is 0 Å². The first-order valence-corrected chi connectivity index (χ1v) is 8.29. The van der Waals surface area contributed by atoms with E-state index < -0.39 is 0 Å². The lowest BCUT2D eigenvalue weighted by molar-refractivity contribution is 0.0753. The molecule has 1 fully saturated rings. The fourth-order valence-corrected chi connectivity index (χ4v) is 3.01. The predicted molar refractivity (Wildman–Crippen MR) is 89.2 cm³/mol. The van der Waals surface area contributed by atoms with E-state index in [0.717, 1.165) is 12.8 Å². The Morgan fingerprint density at radius 1 is 1.25 bits per heavy atom. The Morgan fingerprint density at radius 2 is 2.08 bits per heavy atom. The van der Waals surface area contributed by atoms with E-state index in [1.807, 2.05) is 0 Å². The molecule has 1 aliphatic heterocycles. The van der Waals surface area contributed by atoms with Crippen LogP contribution in [-0.2, 0) is 6.42 Å². The number of benzene rings is 1. The van der Waals surface area contributed by atoms with Crippen molar-refractivity contribution in [3.05, 3.63) is 65.2 Å². The van der Waals surface area contributed by atoms with Gasteiger partial charge in [0.1, 0.15) is 5.82 Å². The lowest BCUT2D eigenvalue weighted by atomic mass is 10.1. The SMILES string of the molecule is O=C(c1ccnc(Cc2ccccc2F)c1)N1CCC[C@H](O)CC1. The first-order valence-electron chi connectivity index (χ1n) is 8.29. The van der Waals surface area contributed by atoms with Gasteiger partial charge in [-0.3, -0.25) is 9.78 Å². The number of aromatic nitrogens is 1. The van der Waals surface area contributed by atoms with Crippen molar-refractivity contribution in [2.45, 2.75) is 31.8 Å². The molecule has 2 aromatic rings. The van der Waals surface area contributed by atoms with E-state index >= 15 is 0 Å². The van der Waals surface area contributed by atoms with Gasteiger partial charge in [-0.1, -0.05) is 18.2 Å². The number of nitrogens with zero attached hydrogens (tertiary/aromatic N) is 2. The first-order chi connectivity index (χ1) is 11.6. The molecule has 1 aliphatic rings. The van der Waals surface area contributed by atoms with Crippen LogP contribution in [0.4, 0.5) is 4.39 Å². The molecule has 24 heavy (non-hydrogen) atoms. The average Bonchev–Trinajstić information content (AvgIpc) is 2.81.